The zero-order valence-electron chi connectivity index (χ0n) is 21.9. The van der Waals surface area contributed by atoms with E-state index < -0.39 is 19.9 Å². The summed E-state index contributed by atoms with van der Waals surface area (Å²) in [5.74, 6) is 0. The van der Waals surface area contributed by atoms with E-state index in [0.717, 1.165) is 44.1 Å². The highest BCUT2D eigenvalue weighted by Crippen LogP contribution is 2.73. The van der Waals surface area contributed by atoms with Crippen molar-refractivity contribution in [3.05, 3.63) is 46.6 Å². The molecule has 0 aliphatic heterocycles. The van der Waals surface area contributed by atoms with Crippen LogP contribution in [0.4, 0.5) is 0 Å². The normalized spacial score (nSPS) is 16.0. The molecule has 0 aromatic rings. The van der Waals surface area contributed by atoms with Crippen LogP contribution in [0, 0.1) is 0 Å². The molecule has 0 spiro atoms. The predicted octanol–water partition coefficient (Wildman–Crippen LogP) is 8.49. The number of hydrogen-bond acceptors (Lipinski definition) is 2. The molecule has 0 rings (SSSR count). The second-order valence-corrected chi connectivity index (χ2v) is 14.5. The van der Waals surface area contributed by atoms with E-state index in [-0.39, 0.29) is 19.0 Å². The predicted molar refractivity (Wildman–Crippen MR) is 143 cm³/mol. The second-order valence-electron chi connectivity index (χ2n) is 9.50. The number of rotatable bonds is 16. The molecular formula is C26H48O5P2. The molecular weight excluding hydrogens is 454 g/mol. The molecule has 0 aromatic carbocycles. The van der Waals surface area contributed by atoms with Gasteiger partial charge in [-0.2, -0.15) is 0 Å². The van der Waals surface area contributed by atoms with Crippen molar-refractivity contribution in [3.63, 3.8) is 0 Å². The summed E-state index contributed by atoms with van der Waals surface area (Å²) in [6.07, 6.45) is 15.1. The van der Waals surface area contributed by atoms with Crippen LogP contribution in [-0.2, 0) is 9.13 Å². The van der Waals surface area contributed by atoms with E-state index >= 15 is 0 Å². The van der Waals surface area contributed by atoms with Crippen molar-refractivity contribution in [2.45, 2.75) is 111 Å². The highest BCUT2D eigenvalue weighted by atomic mass is 31.2. The molecule has 0 aromatic heterocycles. The number of allylic oxidation sites excluding steroid dienone is 8. The summed E-state index contributed by atoms with van der Waals surface area (Å²) < 4.78 is 24.9. The summed E-state index contributed by atoms with van der Waals surface area (Å²) in [7, 11) is -8.71. The monoisotopic (exact) mass is 502 g/mol. The molecule has 1 unspecified atom stereocenters. The van der Waals surface area contributed by atoms with Crippen molar-refractivity contribution in [3.8, 4) is 0 Å². The molecule has 33 heavy (non-hydrogen) atoms. The van der Waals surface area contributed by atoms with Crippen molar-refractivity contribution in [2.75, 3.05) is 6.16 Å². The van der Waals surface area contributed by atoms with Crippen LogP contribution < -0.4 is 0 Å². The van der Waals surface area contributed by atoms with Gasteiger partial charge in [0.1, 0.15) is 4.90 Å². The van der Waals surface area contributed by atoms with E-state index in [0.29, 0.717) is 6.42 Å². The molecule has 192 valence electrons. The average Bonchev–Trinajstić information content (AvgIpc) is 2.67. The van der Waals surface area contributed by atoms with Gasteiger partial charge in [0.2, 0.25) is 7.37 Å². The summed E-state index contributed by atoms with van der Waals surface area (Å²) in [5.41, 5.74) is 5.30. The SMILES string of the molecule is CCC(CC)(P(=O)(O)O)P(=O)(O)CC/C=C(\C)CC/C=C(\C)CC/C=C(\C)CCC=C(C)C. The maximum atomic E-state index is 12.9. The first-order chi connectivity index (χ1) is 15.2. The zero-order valence-corrected chi connectivity index (χ0v) is 23.7. The van der Waals surface area contributed by atoms with Crippen LogP contribution in [0.2, 0.25) is 0 Å². The Balaban J connectivity index is 4.62. The van der Waals surface area contributed by atoms with Crippen LogP contribution in [0.5, 0.6) is 0 Å². The van der Waals surface area contributed by atoms with Crippen molar-refractivity contribution < 1.29 is 23.8 Å². The molecule has 5 nitrogen and oxygen atoms in total. The Labute approximate surface area is 202 Å². The van der Waals surface area contributed by atoms with Crippen molar-refractivity contribution >= 4 is 15.0 Å². The van der Waals surface area contributed by atoms with Gasteiger partial charge >= 0.3 is 7.60 Å². The van der Waals surface area contributed by atoms with Crippen LogP contribution in [0.15, 0.2) is 46.6 Å². The van der Waals surface area contributed by atoms with Crippen molar-refractivity contribution in [2.24, 2.45) is 0 Å². The summed E-state index contributed by atoms with van der Waals surface area (Å²) in [5, 5.41) is 0. The fraction of sp³-hybridized carbons (Fsp3) is 0.692. The Morgan fingerprint density at radius 2 is 1.03 bits per heavy atom. The van der Waals surface area contributed by atoms with Crippen LogP contribution in [0.1, 0.15) is 106 Å². The molecule has 7 heteroatoms. The zero-order chi connectivity index (χ0) is 25.7. The molecule has 3 N–H and O–H groups in total. The summed E-state index contributed by atoms with van der Waals surface area (Å²) in [4.78, 5) is 28.2. The maximum Gasteiger partial charge on any atom is 0.341 e. The van der Waals surface area contributed by atoms with E-state index in [1.54, 1.807) is 13.8 Å². The average molecular weight is 503 g/mol. The van der Waals surface area contributed by atoms with Crippen molar-refractivity contribution in [1.29, 1.82) is 0 Å². The van der Waals surface area contributed by atoms with Gasteiger partial charge in [-0.15, -0.1) is 0 Å². The van der Waals surface area contributed by atoms with Gasteiger partial charge < -0.3 is 14.7 Å². The van der Waals surface area contributed by atoms with Gasteiger partial charge in [0.05, 0.1) is 0 Å². The van der Waals surface area contributed by atoms with Crippen molar-refractivity contribution in [1.82, 2.24) is 0 Å². The van der Waals surface area contributed by atoms with Crippen LogP contribution in [-0.4, -0.2) is 25.7 Å². The summed E-state index contributed by atoms with van der Waals surface area (Å²) in [6.45, 7) is 13.8. The van der Waals surface area contributed by atoms with Gasteiger partial charge in [-0.25, -0.2) is 0 Å². The topological polar surface area (TPSA) is 94.8 Å². The molecule has 0 heterocycles. The second kappa shape index (κ2) is 15.3. The van der Waals surface area contributed by atoms with Gasteiger partial charge in [-0.3, -0.25) is 9.13 Å². The Kier molecular flexibility index (Phi) is 15.0. The Hall–Kier alpha value is -0.700. The lowest BCUT2D eigenvalue weighted by atomic mass is 10.0. The van der Waals surface area contributed by atoms with Gasteiger partial charge in [0.25, 0.3) is 0 Å². The lowest BCUT2D eigenvalue weighted by Crippen LogP contribution is -2.28. The molecule has 1 atom stereocenters. The first kappa shape index (κ1) is 32.3. The molecule has 0 fully saturated rings. The van der Waals surface area contributed by atoms with Crippen LogP contribution >= 0.6 is 15.0 Å². The van der Waals surface area contributed by atoms with E-state index in [4.69, 9.17) is 0 Å². The highest BCUT2D eigenvalue weighted by Gasteiger charge is 2.56. The largest absolute Gasteiger partial charge is 0.343 e. The fourth-order valence-electron chi connectivity index (χ4n) is 4.04. The lowest BCUT2D eigenvalue weighted by molar-refractivity contribution is 0.331. The summed E-state index contributed by atoms with van der Waals surface area (Å²) in [6, 6.07) is 0. The Bertz CT molecular complexity index is 807. The van der Waals surface area contributed by atoms with Gasteiger partial charge in [-0.05, 0) is 92.4 Å². The minimum atomic E-state index is -4.69. The van der Waals surface area contributed by atoms with E-state index in [9.17, 15) is 23.8 Å². The third-order valence-electron chi connectivity index (χ3n) is 6.40. The fourth-order valence-corrected chi connectivity index (χ4v) is 8.68. The van der Waals surface area contributed by atoms with Crippen LogP contribution in [0.3, 0.4) is 0 Å². The number of hydrogen-bond donors (Lipinski definition) is 3. The lowest BCUT2D eigenvalue weighted by Gasteiger charge is -2.36. The van der Waals surface area contributed by atoms with Gasteiger partial charge in [0, 0.05) is 6.16 Å². The molecule has 0 saturated carbocycles. The molecule has 0 aliphatic rings. The smallest absolute Gasteiger partial charge is 0.341 e. The van der Waals surface area contributed by atoms with Crippen LogP contribution in [0.25, 0.3) is 0 Å². The molecule has 0 bridgehead atoms. The third kappa shape index (κ3) is 11.5. The maximum absolute atomic E-state index is 12.9. The van der Waals surface area contributed by atoms with Gasteiger partial charge in [0.15, 0.2) is 0 Å². The highest BCUT2D eigenvalue weighted by molar-refractivity contribution is 7.75. The first-order valence-corrected chi connectivity index (χ1v) is 15.7. The molecule has 0 amide bonds. The minimum Gasteiger partial charge on any atom is -0.343 e. The first-order valence-electron chi connectivity index (χ1n) is 12.2. The third-order valence-corrected chi connectivity index (χ3v) is 12.6. The molecule has 0 radical (unpaired) electrons. The Morgan fingerprint density at radius 1 is 0.667 bits per heavy atom. The van der Waals surface area contributed by atoms with E-state index in [1.807, 2.05) is 13.0 Å². The van der Waals surface area contributed by atoms with E-state index in [2.05, 4.69) is 45.9 Å². The molecule has 0 aliphatic carbocycles. The quantitative estimate of drug-likeness (QED) is 0.145. The molecule has 0 saturated heterocycles. The standard InChI is InChI=1S/C26H48O5P2/c1-8-26(9-2,33(29,30)31)32(27,28)21-13-20-25(7)19-12-18-24(6)17-11-16-23(5)15-10-14-22(3)4/h14,16,18,20H,8-13,15,17,19,21H2,1-7H3,(H,27,28)(H2,29,30,31)/b23-16+,24-18+,25-20+. The van der Waals surface area contributed by atoms with Gasteiger partial charge in [-0.1, -0.05) is 60.4 Å². The minimum absolute atomic E-state index is 0.0154. The Morgan fingerprint density at radius 3 is 1.36 bits per heavy atom. The van der Waals surface area contributed by atoms with E-state index in [1.165, 1.54) is 16.7 Å². The summed E-state index contributed by atoms with van der Waals surface area (Å²) >= 11 is 0.